The van der Waals surface area contributed by atoms with Crippen LogP contribution in [0.3, 0.4) is 0 Å². The number of nitriles is 1. The van der Waals surface area contributed by atoms with Crippen LogP contribution in [0.25, 0.3) is 0 Å². The molecule has 0 aromatic carbocycles. The lowest BCUT2D eigenvalue weighted by molar-refractivity contribution is -0.168. The van der Waals surface area contributed by atoms with Crippen LogP contribution in [0.2, 0.25) is 0 Å². The Labute approximate surface area is 141 Å². The minimum atomic E-state index is -0.964. The van der Waals surface area contributed by atoms with E-state index in [-0.39, 0.29) is 29.8 Å². The Hall–Kier alpha value is -1.57. The topological polar surface area (TPSA) is 76.4 Å². The molecule has 5 aliphatic rings. The van der Waals surface area contributed by atoms with E-state index in [0.717, 1.165) is 19.3 Å². The van der Waals surface area contributed by atoms with Gasteiger partial charge in [-0.05, 0) is 49.4 Å². The summed E-state index contributed by atoms with van der Waals surface area (Å²) in [6.45, 7) is 4.55. The van der Waals surface area contributed by atoms with E-state index in [1.54, 1.807) is 0 Å². The molecular formula is C19H23NO4. The fourth-order valence-corrected chi connectivity index (χ4v) is 6.72. The van der Waals surface area contributed by atoms with Gasteiger partial charge in [-0.15, -0.1) is 0 Å². The zero-order valence-electron chi connectivity index (χ0n) is 14.1. The first-order valence-corrected chi connectivity index (χ1v) is 9.29. The molecule has 5 rings (SSSR count). The van der Waals surface area contributed by atoms with Crippen molar-refractivity contribution in [3.05, 3.63) is 0 Å². The molecule has 0 N–H and O–H groups in total. The van der Waals surface area contributed by atoms with Crippen molar-refractivity contribution in [1.29, 1.82) is 5.26 Å². The van der Waals surface area contributed by atoms with Gasteiger partial charge in [-0.1, -0.05) is 13.8 Å². The van der Waals surface area contributed by atoms with Gasteiger partial charge in [-0.25, -0.2) is 0 Å². The first-order chi connectivity index (χ1) is 11.5. The molecule has 1 heterocycles. The smallest absolute Gasteiger partial charge is 0.327 e. The number of hydrogen-bond donors (Lipinski definition) is 0. The summed E-state index contributed by atoms with van der Waals surface area (Å²) in [5.41, 5.74) is -0.964. The van der Waals surface area contributed by atoms with E-state index in [9.17, 15) is 14.9 Å². The quantitative estimate of drug-likeness (QED) is 0.727. The molecule has 0 amide bonds. The van der Waals surface area contributed by atoms with Crippen LogP contribution in [0.4, 0.5) is 0 Å². The lowest BCUT2D eigenvalue weighted by Gasteiger charge is -2.33. The molecule has 10 atom stereocenters. The molecule has 0 aromatic rings. The molecular weight excluding hydrogens is 306 g/mol. The van der Waals surface area contributed by atoms with Crippen molar-refractivity contribution in [2.75, 3.05) is 0 Å². The predicted molar refractivity (Wildman–Crippen MR) is 82.1 cm³/mol. The lowest BCUT2D eigenvalue weighted by Crippen LogP contribution is -2.42. The van der Waals surface area contributed by atoms with E-state index < -0.39 is 17.5 Å². The highest BCUT2D eigenvalue weighted by atomic mass is 16.6. The lowest BCUT2D eigenvalue weighted by atomic mass is 9.74. The maximum Gasteiger partial charge on any atom is 0.327 e. The van der Waals surface area contributed by atoms with Crippen LogP contribution in [0.15, 0.2) is 0 Å². The Bertz CT molecular complexity index is 667. The number of fused-ring (bicyclic) bond motifs is 3. The van der Waals surface area contributed by atoms with Crippen molar-refractivity contribution < 1.29 is 19.1 Å². The summed E-state index contributed by atoms with van der Waals surface area (Å²) in [4.78, 5) is 24.9. The highest BCUT2D eigenvalue weighted by Gasteiger charge is 2.72. The summed E-state index contributed by atoms with van der Waals surface area (Å²) >= 11 is 0. The summed E-state index contributed by atoms with van der Waals surface area (Å²) in [6.07, 6.45) is 2.63. The third-order valence-electron chi connectivity index (χ3n) is 8.22. The SMILES string of the molecule is CC1C2CC(C(=O)OC3C4CC5C3OC(=O)C5(C#N)C4)C(C2)C1C. The fourth-order valence-electron chi connectivity index (χ4n) is 6.72. The number of hydrogen-bond acceptors (Lipinski definition) is 5. The molecule has 128 valence electrons. The van der Waals surface area contributed by atoms with Crippen LogP contribution in [0.1, 0.15) is 39.5 Å². The van der Waals surface area contributed by atoms with Crippen molar-refractivity contribution in [2.24, 2.45) is 46.8 Å². The Balaban J connectivity index is 1.32. The second kappa shape index (κ2) is 4.53. The van der Waals surface area contributed by atoms with Gasteiger partial charge >= 0.3 is 11.9 Å². The van der Waals surface area contributed by atoms with Crippen molar-refractivity contribution in [1.82, 2.24) is 0 Å². The van der Waals surface area contributed by atoms with Crippen LogP contribution < -0.4 is 0 Å². The molecule has 5 fully saturated rings. The summed E-state index contributed by atoms with van der Waals surface area (Å²) in [7, 11) is 0. The number of carbonyl (C=O) groups excluding carboxylic acids is 2. The number of esters is 2. The Morgan fingerprint density at radius 3 is 2.71 bits per heavy atom. The fraction of sp³-hybridized carbons (Fsp3) is 0.842. The molecule has 10 unspecified atom stereocenters. The van der Waals surface area contributed by atoms with Crippen molar-refractivity contribution in [3.8, 4) is 6.07 Å². The van der Waals surface area contributed by atoms with Gasteiger partial charge in [0.25, 0.3) is 0 Å². The Kier molecular flexibility index (Phi) is 2.78. The van der Waals surface area contributed by atoms with Gasteiger partial charge in [0.2, 0.25) is 0 Å². The van der Waals surface area contributed by atoms with Crippen LogP contribution in [-0.2, 0) is 19.1 Å². The van der Waals surface area contributed by atoms with Crippen molar-refractivity contribution >= 4 is 11.9 Å². The Morgan fingerprint density at radius 2 is 2.04 bits per heavy atom. The number of ether oxygens (including phenoxy) is 2. The van der Waals surface area contributed by atoms with E-state index in [1.165, 1.54) is 0 Å². The van der Waals surface area contributed by atoms with Gasteiger partial charge in [0.05, 0.1) is 12.0 Å². The van der Waals surface area contributed by atoms with Crippen LogP contribution >= 0.6 is 0 Å². The maximum absolute atomic E-state index is 12.8. The molecule has 4 saturated carbocycles. The molecule has 5 heteroatoms. The summed E-state index contributed by atoms with van der Waals surface area (Å²) in [5, 5.41) is 9.44. The Morgan fingerprint density at radius 1 is 1.25 bits per heavy atom. The van der Waals surface area contributed by atoms with E-state index >= 15 is 0 Å². The van der Waals surface area contributed by atoms with Crippen LogP contribution in [-0.4, -0.2) is 24.1 Å². The van der Waals surface area contributed by atoms with Gasteiger partial charge in [0, 0.05) is 11.8 Å². The molecule has 4 aliphatic carbocycles. The van der Waals surface area contributed by atoms with Crippen LogP contribution in [0, 0.1) is 58.2 Å². The number of nitrogens with zero attached hydrogens (tertiary/aromatic N) is 1. The summed E-state index contributed by atoms with van der Waals surface area (Å²) in [6, 6.07) is 2.20. The standard InChI is InChI=1S/C19H23NO4/c1-8-9(2)12-3-10(8)4-13(12)17(21)23-15-11-5-14-16(15)24-18(22)19(14,6-11)7-20/h8-16H,3-6H2,1-2H3. The molecule has 5 nitrogen and oxygen atoms in total. The van der Waals surface area contributed by atoms with Crippen molar-refractivity contribution in [3.63, 3.8) is 0 Å². The van der Waals surface area contributed by atoms with Crippen molar-refractivity contribution in [2.45, 2.75) is 51.7 Å². The second-order valence-corrected chi connectivity index (χ2v) is 8.88. The highest BCUT2D eigenvalue weighted by Crippen LogP contribution is 2.62. The van der Waals surface area contributed by atoms with E-state index in [2.05, 4.69) is 19.9 Å². The van der Waals surface area contributed by atoms with Gasteiger partial charge < -0.3 is 9.47 Å². The predicted octanol–water partition coefficient (Wildman–Crippen LogP) is 2.30. The number of rotatable bonds is 2. The summed E-state index contributed by atoms with van der Waals surface area (Å²) < 4.78 is 11.4. The zero-order chi connectivity index (χ0) is 16.8. The average molecular weight is 329 g/mol. The monoisotopic (exact) mass is 329 g/mol. The van der Waals surface area contributed by atoms with Gasteiger partial charge in [0.1, 0.15) is 12.2 Å². The molecule has 1 aliphatic heterocycles. The minimum absolute atomic E-state index is 0.0122. The molecule has 0 aromatic heterocycles. The normalized spacial score (nSPS) is 56.4. The largest absolute Gasteiger partial charge is 0.458 e. The molecule has 1 saturated heterocycles. The minimum Gasteiger partial charge on any atom is -0.458 e. The number of carbonyl (C=O) groups is 2. The van der Waals surface area contributed by atoms with E-state index in [4.69, 9.17) is 9.47 Å². The maximum atomic E-state index is 12.8. The zero-order valence-corrected chi connectivity index (χ0v) is 14.1. The van der Waals surface area contributed by atoms with Gasteiger partial charge in [0.15, 0.2) is 5.41 Å². The molecule has 24 heavy (non-hydrogen) atoms. The highest BCUT2D eigenvalue weighted by molar-refractivity contribution is 5.84. The van der Waals surface area contributed by atoms with E-state index in [0.29, 0.717) is 30.1 Å². The van der Waals surface area contributed by atoms with Crippen LogP contribution in [0.5, 0.6) is 0 Å². The summed E-state index contributed by atoms with van der Waals surface area (Å²) in [5.74, 6) is 1.91. The third kappa shape index (κ3) is 1.55. The van der Waals surface area contributed by atoms with E-state index in [1.807, 2.05) is 0 Å². The second-order valence-electron chi connectivity index (χ2n) is 8.88. The van der Waals surface area contributed by atoms with Gasteiger partial charge in [-0.2, -0.15) is 5.26 Å². The average Bonchev–Trinajstić information content (AvgIpc) is 3.31. The molecule has 0 spiro atoms. The molecule has 0 radical (unpaired) electrons. The first-order valence-electron chi connectivity index (χ1n) is 9.29. The molecule has 4 bridgehead atoms. The third-order valence-corrected chi connectivity index (χ3v) is 8.22. The first kappa shape index (κ1) is 14.7. The van der Waals surface area contributed by atoms with Gasteiger partial charge in [-0.3, -0.25) is 9.59 Å².